The predicted molar refractivity (Wildman–Crippen MR) is 87.5 cm³/mol. The minimum Gasteiger partial charge on any atom is -0.432 e. The van der Waals surface area contributed by atoms with Gasteiger partial charge in [-0.1, -0.05) is 20.8 Å². The fourth-order valence-electron chi connectivity index (χ4n) is 2.82. The van der Waals surface area contributed by atoms with Gasteiger partial charge in [0.1, 0.15) is 6.26 Å². The molecule has 2 rings (SSSR count). The minimum atomic E-state index is 0.101. The molecule has 1 aliphatic heterocycles. The summed E-state index contributed by atoms with van der Waals surface area (Å²) in [4.78, 5) is 6.90. The number of nitrogens with one attached hydrogen (secondary N) is 1. The van der Waals surface area contributed by atoms with E-state index >= 15 is 0 Å². The average Bonchev–Trinajstić information content (AvgIpc) is 2.83. The van der Waals surface area contributed by atoms with Crippen molar-refractivity contribution in [3.8, 4) is 0 Å². The van der Waals surface area contributed by atoms with Crippen molar-refractivity contribution >= 4 is 6.01 Å². The molecule has 0 aliphatic carbocycles. The van der Waals surface area contributed by atoms with Crippen LogP contribution in [0.15, 0.2) is 10.7 Å². The molecule has 0 aromatic carbocycles. The number of hydrogen-bond donors (Lipinski definition) is 1. The molecule has 1 saturated heterocycles. The zero-order chi connectivity index (χ0) is 15.7. The maximum Gasteiger partial charge on any atom is 0.297 e. The second-order valence-corrected chi connectivity index (χ2v) is 8.35. The van der Waals surface area contributed by atoms with E-state index in [9.17, 15) is 0 Å². The molecule has 0 unspecified atom stereocenters. The first kappa shape index (κ1) is 16.3. The number of hydrogen-bond acceptors (Lipinski definition) is 4. The molecular formula is C17H31N3O. The number of anilines is 1. The largest absolute Gasteiger partial charge is 0.432 e. The lowest BCUT2D eigenvalue weighted by atomic mass is 9.75. The quantitative estimate of drug-likeness (QED) is 0.919. The summed E-state index contributed by atoms with van der Waals surface area (Å²) in [7, 11) is 0. The highest BCUT2D eigenvalue weighted by atomic mass is 16.4. The molecule has 0 atom stereocenters. The van der Waals surface area contributed by atoms with E-state index in [0.29, 0.717) is 5.41 Å². The summed E-state index contributed by atoms with van der Waals surface area (Å²) in [6.07, 6.45) is 4.23. The van der Waals surface area contributed by atoms with Crippen LogP contribution in [0.1, 0.15) is 60.1 Å². The van der Waals surface area contributed by atoms with Crippen LogP contribution in [0.2, 0.25) is 0 Å². The van der Waals surface area contributed by atoms with Crippen molar-refractivity contribution < 1.29 is 4.42 Å². The van der Waals surface area contributed by atoms with E-state index in [0.717, 1.165) is 37.3 Å². The van der Waals surface area contributed by atoms with Crippen molar-refractivity contribution in [3.05, 3.63) is 12.0 Å². The molecule has 1 fully saturated rings. The Morgan fingerprint density at radius 2 is 1.81 bits per heavy atom. The van der Waals surface area contributed by atoms with Gasteiger partial charge in [-0.05, 0) is 44.9 Å². The first-order chi connectivity index (χ1) is 9.65. The maximum absolute atomic E-state index is 5.67. The smallest absolute Gasteiger partial charge is 0.297 e. The molecule has 0 saturated carbocycles. The Morgan fingerprint density at radius 3 is 2.33 bits per heavy atom. The Labute approximate surface area is 129 Å². The fourth-order valence-corrected chi connectivity index (χ4v) is 2.82. The van der Waals surface area contributed by atoms with Gasteiger partial charge < -0.3 is 14.6 Å². The molecular weight excluding hydrogens is 262 g/mol. The Hall–Kier alpha value is -1.03. The first-order valence-electron chi connectivity index (χ1n) is 8.09. The van der Waals surface area contributed by atoms with Gasteiger partial charge in [0.15, 0.2) is 0 Å². The first-order valence-corrected chi connectivity index (χ1v) is 8.09. The molecule has 0 radical (unpaired) electrons. The highest BCUT2D eigenvalue weighted by Gasteiger charge is 2.30. The average molecular weight is 293 g/mol. The van der Waals surface area contributed by atoms with Gasteiger partial charge in [-0.2, -0.15) is 4.98 Å². The van der Waals surface area contributed by atoms with Gasteiger partial charge in [0.2, 0.25) is 0 Å². The zero-order valence-electron chi connectivity index (χ0n) is 14.5. The molecule has 1 aromatic rings. The van der Waals surface area contributed by atoms with E-state index < -0.39 is 0 Å². The number of aromatic nitrogens is 1. The van der Waals surface area contributed by atoms with Gasteiger partial charge in [-0.3, -0.25) is 0 Å². The Kier molecular flexibility index (Phi) is 4.66. The summed E-state index contributed by atoms with van der Waals surface area (Å²) in [6.45, 7) is 16.4. The van der Waals surface area contributed by atoms with Crippen LogP contribution in [-0.2, 0) is 6.54 Å². The van der Waals surface area contributed by atoms with Crippen LogP contribution in [-0.4, -0.2) is 23.6 Å². The number of nitrogens with zero attached hydrogens (tertiary/aromatic N) is 2. The van der Waals surface area contributed by atoms with Crippen LogP contribution in [0, 0.1) is 11.3 Å². The summed E-state index contributed by atoms with van der Waals surface area (Å²) >= 11 is 0. The molecule has 0 amide bonds. The maximum atomic E-state index is 5.67. The van der Waals surface area contributed by atoms with Gasteiger partial charge >= 0.3 is 0 Å². The molecule has 4 heteroatoms. The van der Waals surface area contributed by atoms with Crippen molar-refractivity contribution in [3.63, 3.8) is 0 Å². The van der Waals surface area contributed by atoms with Gasteiger partial charge in [-0.25, -0.2) is 0 Å². The Balaban J connectivity index is 1.88. The third kappa shape index (κ3) is 4.73. The summed E-state index contributed by atoms with van der Waals surface area (Å²) in [5.41, 5.74) is 1.49. The molecule has 1 aromatic heterocycles. The molecule has 1 N–H and O–H groups in total. The summed E-state index contributed by atoms with van der Waals surface area (Å²) in [5.74, 6) is 0.797. The van der Waals surface area contributed by atoms with Crippen LogP contribution in [0.4, 0.5) is 6.01 Å². The van der Waals surface area contributed by atoms with E-state index in [1.54, 1.807) is 6.26 Å². The lowest BCUT2D eigenvalue weighted by molar-refractivity contribution is 0.196. The van der Waals surface area contributed by atoms with E-state index in [1.807, 2.05) is 0 Å². The highest BCUT2D eigenvalue weighted by molar-refractivity contribution is 5.27. The van der Waals surface area contributed by atoms with E-state index in [2.05, 4.69) is 56.7 Å². The lowest BCUT2D eigenvalue weighted by Gasteiger charge is -2.38. The highest BCUT2D eigenvalue weighted by Crippen LogP contribution is 2.35. The summed E-state index contributed by atoms with van der Waals surface area (Å²) < 4.78 is 5.67. The zero-order valence-corrected chi connectivity index (χ0v) is 14.5. The third-order valence-corrected chi connectivity index (χ3v) is 4.33. The third-order valence-electron chi connectivity index (χ3n) is 4.33. The lowest BCUT2D eigenvalue weighted by Crippen LogP contribution is -2.38. The van der Waals surface area contributed by atoms with Crippen molar-refractivity contribution in [2.24, 2.45) is 11.3 Å². The summed E-state index contributed by atoms with van der Waals surface area (Å²) in [6, 6.07) is 0.785. The fraction of sp³-hybridized carbons (Fsp3) is 0.824. The van der Waals surface area contributed by atoms with Gasteiger partial charge in [-0.15, -0.1) is 0 Å². The van der Waals surface area contributed by atoms with E-state index in [-0.39, 0.29) is 5.54 Å². The van der Waals surface area contributed by atoms with Gasteiger partial charge in [0, 0.05) is 25.2 Å². The van der Waals surface area contributed by atoms with Crippen molar-refractivity contribution in [1.82, 2.24) is 10.3 Å². The minimum absolute atomic E-state index is 0.101. The molecule has 1 aliphatic rings. The predicted octanol–water partition coefficient (Wildman–Crippen LogP) is 3.83. The monoisotopic (exact) mass is 293 g/mol. The second-order valence-electron chi connectivity index (χ2n) is 8.35. The van der Waals surface area contributed by atoms with E-state index in [1.165, 1.54) is 12.8 Å². The van der Waals surface area contributed by atoms with E-state index in [4.69, 9.17) is 4.42 Å². The number of oxazole rings is 1. The van der Waals surface area contributed by atoms with Crippen LogP contribution in [0.25, 0.3) is 0 Å². The molecule has 0 spiro atoms. The topological polar surface area (TPSA) is 41.3 Å². The van der Waals surface area contributed by atoms with Crippen molar-refractivity contribution in [2.45, 2.75) is 66.5 Å². The molecule has 0 bridgehead atoms. The second kappa shape index (κ2) is 5.99. The van der Waals surface area contributed by atoms with Gasteiger partial charge in [0.05, 0.1) is 5.69 Å². The summed E-state index contributed by atoms with van der Waals surface area (Å²) in [5, 5.41) is 3.44. The normalized spacial score (nSPS) is 18.3. The standard InChI is InChI=1S/C17H31N3O/c1-16(2,3)13-7-9-20(10-8-13)15-19-14(12-21-15)11-18-17(4,5)6/h12-13,18H,7-11H2,1-6H3. The van der Waals surface area contributed by atoms with Crippen LogP contribution in [0.5, 0.6) is 0 Å². The van der Waals surface area contributed by atoms with Crippen molar-refractivity contribution in [2.75, 3.05) is 18.0 Å². The molecule has 2 heterocycles. The van der Waals surface area contributed by atoms with Crippen LogP contribution in [0.3, 0.4) is 0 Å². The number of piperidine rings is 1. The molecule has 4 nitrogen and oxygen atoms in total. The number of rotatable bonds is 3. The molecule has 21 heavy (non-hydrogen) atoms. The van der Waals surface area contributed by atoms with Crippen molar-refractivity contribution in [1.29, 1.82) is 0 Å². The Bertz CT molecular complexity index is 445. The molecule has 120 valence electrons. The Morgan fingerprint density at radius 1 is 1.19 bits per heavy atom. The SMILES string of the molecule is CC(C)(C)NCc1coc(N2CCC(C(C)(C)C)CC2)n1. The van der Waals surface area contributed by atoms with Gasteiger partial charge in [0.25, 0.3) is 6.01 Å². The van der Waals surface area contributed by atoms with Crippen LogP contribution < -0.4 is 10.2 Å². The van der Waals surface area contributed by atoms with Crippen LogP contribution >= 0.6 is 0 Å².